The van der Waals surface area contributed by atoms with Gasteiger partial charge in [0, 0.05) is 17.5 Å². The first-order valence-corrected chi connectivity index (χ1v) is 6.46. The van der Waals surface area contributed by atoms with Crippen LogP contribution in [0.3, 0.4) is 0 Å². The molecule has 0 saturated carbocycles. The lowest BCUT2D eigenvalue weighted by Crippen LogP contribution is -1.97. The third-order valence-electron chi connectivity index (χ3n) is 3.37. The summed E-state index contributed by atoms with van der Waals surface area (Å²) in [5, 5.41) is 10.4. The van der Waals surface area contributed by atoms with E-state index in [9.17, 15) is 9.90 Å². The van der Waals surface area contributed by atoms with Crippen molar-refractivity contribution in [3.8, 4) is 11.5 Å². The fourth-order valence-corrected chi connectivity index (χ4v) is 2.38. The van der Waals surface area contributed by atoms with Crippen molar-refractivity contribution in [1.29, 1.82) is 0 Å². The molecule has 0 fully saturated rings. The minimum absolute atomic E-state index is 0.0616. The zero-order valence-electron chi connectivity index (χ0n) is 10.9. The highest BCUT2D eigenvalue weighted by atomic mass is 16.5. The van der Waals surface area contributed by atoms with Gasteiger partial charge in [0.05, 0.1) is 5.56 Å². The molecule has 1 aliphatic heterocycles. The molecule has 2 heterocycles. The van der Waals surface area contributed by atoms with Crippen molar-refractivity contribution < 1.29 is 19.1 Å². The van der Waals surface area contributed by atoms with Gasteiger partial charge in [0.25, 0.3) is 0 Å². The minimum Gasteiger partial charge on any atom is -0.508 e. The Labute approximate surface area is 119 Å². The van der Waals surface area contributed by atoms with E-state index >= 15 is 0 Å². The Kier molecular flexibility index (Phi) is 2.38. The van der Waals surface area contributed by atoms with Crippen molar-refractivity contribution in [2.24, 2.45) is 0 Å². The van der Waals surface area contributed by atoms with Gasteiger partial charge in [-0.15, -0.1) is 0 Å². The van der Waals surface area contributed by atoms with Gasteiger partial charge in [0.15, 0.2) is 5.76 Å². The zero-order chi connectivity index (χ0) is 14.4. The highest BCUT2D eigenvalue weighted by molar-refractivity contribution is 6.14. The summed E-state index contributed by atoms with van der Waals surface area (Å²) in [5.74, 6) is 0.950. The second-order valence-electron chi connectivity index (χ2n) is 4.81. The van der Waals surface area contributed by atoms with Crippen LogP contribution in [0.4, 0.5) is 0 Å². The lowest BCUT2D eigenvalue weighted by atomic mass is 10.1. The standard InChI is InChI=1S/C17H10O4/c18-11-5-6-13-15(8-11)21-16(17(13)19)9-12-7-10-3-1-2-4-14(10)20-12/h1-9,18H/b16-9-. The van der Waals surface area contributed by atoms with E-state index in [1.807, 2.05) is 30.3 Å². The SMILES string of the molecule is O=C1/C(=C/c2cc3ccccc3o2)Oc2cc(O)ccc21. The number of furan rings is 1. The van der Waals surface area contributed by atoms with E-state index in [0.717, 1.165) is 11.0 Å². The van der Waals surface area contributed by atoms with Crippen LogP contribution in [0.5, 0.6) is 11.5 Å². The normalized spacial score (nSPS) is 15.4. The number of ketones is 1. The molecule has 0 atom stereocenters. The topological polar surface area (TPSA) is 59.7 Å². The molecule has 1 aliphatic rings. The van der Waals surface area contributed by atoms with Gasteiger partial charge in [-0.25, -0.2) is 0 Å². The number of para-hydroxylation sites is 1. The van der Waals surface area contributed by atoms with Crippen LogP contribution >= 0.6 is 0 Å². The number of ether oxygens (including phenoxy) is 1. The number of carbonyl (C=O) groups excluding carboxylic acids is 1. The maximum atomic E-state index is 12.2. The molecule has 0 bridgehead atoms. The highest BCUT2D eigenvalue weighted by Gasteiger charge is 2.27. The predicted molar refractivity (Wildman–Crippen MR) is 77.3 cm³/mol. The van der Waals surface area contributed by atoms with Crippen LogP contribution in [-0.4, -0.2) is 10.9 Å². The Bertz CT molecular complexity index is 869. The van der Waals surface area contributed by atoms with Crippen molar-refractivity contribution in [2.75, 3.05) is 0 Å². The number of fused-ring (bicyclic) bond motifs is 2. The van der Waals surface area contributed by atoms with E-state index in [1.54, 1.807) is 12.1 Å². The molecule has 4 heteroatoms. The first kappa shape index (κ1) is 11.8. The lowest BCUT2D eigenvalue weighted by Gasteiger charge is -1.97. The molecule has 4 rings (SSSR count). The lowest BCUT2D eigenvalue weighted by molar-refractivity contribution is 0.101. The number of hydrogen-bond donors (Lipinski definition) is 1. The molecular formula is C17H10O4. The fraction of sp³-hybridized carbons (Fsp3) is 0. The van der Waals surface area contributed by atoms with Gasteiger partial charge in [0.2, 0.25) is 5.78 Å². The number of hydrogen-bond acceptors (Lipinski definition) is 4. The van der Waals surface area contributed by atoms with Gasteiger partial charge in [-0.05, 0) is 24.3 Å². The van der Waals surface area contributed by atoms with Crippen LogP contribution in [0.25, 0.3) is 17.0 Å². The van der Waals surface area contributed by atoms with Crippen molar-refractivity contribution >= 4 is 22.8 Å². The first-order chi connectivity index (χ1) is 10.2. The van der Waals surface area contributed by atoms with Gasteiger partial charge in [-0.2, -0.15) is 0 Å². The molecule has 0 saturated heterocycles. The molecule has 0 unspecified atom stereocenters. The number of carbonyl (C=O) groups is 1. The summed E-state index contributed by atoms with van der Waals surface area (Å²) in [6.45, 7) is 0. The summed E-state index contributed by atoms with van der Waals surface area (Å²) < 4.78 is 11.1. The third kappa shape index (κ3) is 1.89. The van der Waals surface area contributed by atoms with Gasteiger partial charge in [-0.1, -0.05) is 18.2 Å². The molecule has 0 radical (unpaired) electrons. The van der Waals surface area contributed by atoms with Gasteiger partial charge < -0.3 is 14.3 Å². The monoisotopic (exact) mass is 278 g/mol. The van der Waals surface area contributed by atoms with E-state index in [-0.39, 0.29) is 17.3 Å². The second kappa shape index (κ2) is 4.24. The van der Waals surface area contributed by atoms with E-state index in [2.05, 4.69) is 0 Å². The number of phenolic OH excluding ortho intramolecular Hbond substituents is 1. The second-order valence-corrected chi connectivity index (χ2v) is 4.81. The van der Waals surface area contributed by atoms with Crippen LogP contribution in [0.2, 0.25) is 0 Å². The number of phenols is 1. The van der Waals surface area contributed by atoms with Crippen LogP contribution in [-0.2, 0) is 0 Å². The van der Waals surface area contributed by atoms with Crippen molar-refractivity contribution in [3.05, 3.63) is 65.6 Å². The Morgan fingerprint density at radius 2 is 1.90 bits per heavy atom. The van der Waals surface area contributed by atoms with Crippen LogP contribution in [0.1, 0.15) is 16.1 Å². The molecule has 2 aromatic carbocycles. The molecule has 1 N–H and O–H groups in total. The van der Waals surface area contributed by atoms with Gasteiger partial charge in [-0.3, -0.25) is 4.79 Å². The van der Waals surface area contributed by atoms with Crippen molar-refractivity contribution in [2.45, 2.75) is 0 Å². The number of allylic oxidation sites excluding steroid dienone is 1. The van der Waals surface area contributed by atoms with Gasteiger partial charge >= 0.3 is 0 Å². The largest absolute Gasteiger partial charge is 0.508 e. The summed E-state index contributed by atoms with van der Waals surface area (Å²) in [6, 6.07) is 13.9. The van der Waals surface area contributed by atoms with Crippen LogP contribution in [0, 0.1) is 0 Å². The van der Waals surface area contributed by atoms with E-state index < -0.39 is 0 Å². The number of aromatic hydroxyl groups is 1. The van der Waals surface area contributed by atoms with E-state index in [0.29, 0.717) is 17.1 Å². The van der Waals surface area contributed by atoms with Crippen LogP contribution in [0.15, 0.2) is 58.7 Å². The minimum atomic E-state index is -0.217. The molecule has 3 aromatic rings. The zero-order valence-corrected chi connectivity index (χ0v) is 10.9. The Balaban J connectivity index is 1.76. The Morgan fingerprint density at radius 1 is 1.05 bits per heavy atom. The van der Waals surface area contributed by atoms with E-state index in [4.69, 9.17) is 9.15 Å². The predicted octanol–water partition coefficient (Wildman–Crippen LogP) is 3.75. The maximum absolute atomic E-state index is 12.2. The molecule has 0 spiro atoms. The third-order valence-corrected chi connectivity index (χ3v) is 3.37. The summed E-state index contributed by atoms with van der Waals surface area (Å²) >= 11 is 0. The summed E-state index contributed by atoms with van der Waals surface area (Å²) in [7, 11) is 0. The molecule has 21 heavy (non-hydrogen) atoms. The smallest absolute Gasteiger partial charge is 0.232 e. The first-order valence-electron chi connectivity index (χ1n) is 6.46. The summed E-state index contributed by atoms with van der Waals surface area (Å²) in [6.07, 6.45) is 1.57. The molecular weight excluding hydrogens is 268 g/mol. The Morgan fingerprint density at radius 3 is 2.76 bits per heavy atom. The quantitative estimate of drug-likeness (QED) is 0.688. The molecule has 102 valence electrons. The molecule has 1 aromatic heterocycles. The fourth-order valence-electron chi connectivity index (χ4n) is 2.38. The maximum Gasteiger partial charge on any atom is 0.232 e. The van der Waals surface area contributed by atoms with Crippen molar-refractivity contribution in [1.82, 2.24) is 0 Å². The molecule has 0 aliphatic carbocycles. The Hall–Kier alpha value is -3.01. The number of Topliss-reactive ketones (excluding diaryl/α,β-unsaturated/α-hetero) is 1. The number of rotatable bonds is 1. The van der Waals surface area contributed by atoms with Crippen molar-refractivity contribution in [3.63, 3.8) is 0 Å². The van der Waals surface area contributed by atoms with Gasteiger partial charge in [0.1, 0.15) is 22.8 Å². The average Bonchev–Trinajstić information content (AvgIpc) is 3.00. The highest BCUT2D eigenvalue weighted by Crippen LogP contribution is 2.34. The summed E-state index contributed by atoms with van der Waals surface area (Å²) in [4.78, 5) is 12.2. The molecule has 4 nitrogen and oxygen atoms in total. The number of benzene rings is 2. The molecule has 0 amide bonds. The van der Waals surface area contributed by atoms with Crippen LogP contribution < -0.4 is 4.74 Å². The summed E-state index contributed by atoms with van der Waals surface area (Å²) in [5.41, 5.74) is 1.19. The average molecular weight is 278 g/mol. The van der Waals surface area contributed by atoms with E-state index in [1.165, 1.54) is 12.1 Å².